The molecule has 36 heavy (non-hydrogen) atoms. The van der Waals surface area contributed by atoms with Crippen molar-refractivity contribution in [3.8, 4) is 11.5 Å². The van der Waals surface area contributed by atoms with Crippen LogP contribution in [-0.4, -0.2) is 17.7 Å². The number of carbonyl (C=O) groups excluding carboxylic acids is 1. The van der Waals surface area contributed by atoms with Crippen LogP contribution in [0.25, 0.3) is 0 Å². The third-order valence-electron chi connectivity index (χ3n) is 7.85. The molecule has 0 saturated heterocycles. The molecule has 0 unspecified atom stereocenters. The largest absolute Gasteiger partial charge is 0.487 e. The molecule has 0 spiro atoms. The van der Waals surface area contributed by atoms with Gasteiger partial charge in [-0.05, 0) is 90.3 Å². The molecular formula is C30H43F3O3. The zero-order valence-corrected chi connectivity index (χ0v) is 23.2. The molecule has 1 heterocycles. The summed E-state index contributed by atoms with van der Waals surface area (Å²) in [5.74, 6) is 1.49. The summed E-state index contributed by atoms with van der Waals surface area (Å²) in [7, 11) is 0. The van der Waals surface area contributed by atoms with Crippen molar-refractivity contribution in [2.75, 3.05) is 0 Å². The van der Waals surface area contributed by atoms with Crippen molar-refractivity contribution < 1.29 is 27.4 Å². The maximum Gasteiger partial charge on any atom is 0.389 e. The highest BCUT2D eigenvalue weighted by Crippen LogP contribution is 2.55. The molecule has 1 aromatic carbocycles. The molecule has 0 bridgehead atoms. The van der Waals surface area contributed by atoms with E-state index in [1.807, 2.05) is 26.8 Å². The average Bonchev–Trinajstić information content (AvgIpc) is 2.70. The summed E-state index contributed by atoms with van der Waals surface area (Å²) in [6, 6.07) is 4.05. The lowest BCUT2D eigenvalue weighted by Gasteiger charge is -2.47. The molecule has 2 aliphatic rings. The highest BCUT2D eigenvalue weighted by molar-refractivity contribution is 5.78. The van der Waals surface area contributed by atoms with Gasteiger partial charge in [-0.25, -0.2) is 0 Å². The van der Waals surface area contributed by atoms with Gasteiger partial charge in [-0.3, -0.25) is 4.79 Å². The first-order chi connectivity index (χ1) is 16.4. The summed E-state index contributed by atoms with van der Waals surface area (Å²) in [5, 5.41) is 0. The van der Waals surface area contributed by atoms with Crippen molar-refractivity contribution in [2.24, 2.45) is 11.3 Å². The predicted octanol–water partition coefficient (Wildman–Crippen LogP) is 9.04. The van der Waals surface area contributed by atoms with Gasteiger partial charge < -0.3 is 9.47 Å². The van der Waals surface area contributed by atoms with Crippen LogP contribution in [0.15, 0.2) is 23.8 Å². The number of allylic oxidation sites excluding steroid dienone is 2. The normalized spacial score (nSPS) is 21.7. The van der Waals surface area contributed by atoms with Gasteiger partial charge in [-0.2, -0.15) is 13.2 Å². The Morgan fingerprint density at radius 2 is 1.69 bits per heavy atom. The summed E-state index contributed by atoms with van der Waals surface area (Å²) >= 11 is 0. The Bertz CT molecular complexity index is 996. The van der Waals surface area contributed by atoms with Gasteiger partial charge in [0.05, 0.1) is 5.41 Å². The number of esters is 1. The highest BCUT2D eigenvalue weighted by atomic mass is 19.4. The topological polar surface area (TPSA) is 35.5 Å². The highest BCUT2D eigenvalue weighted by Gasteiger charge is 2.46. The minimum Gasteiger partial charge on any atom is -0.487 e. The number of carbonyl (C=O) groups is 1. The summed E-state index contributed by atoms with van der Waals surface area (Å²) in [6.07, 6.45) is 1.35. The maximum absolute atomic E-state index is 13.0. The number of rotatable bonds is 7. The van der Waals surface area contributed by atoms with Crippen molar-refractivity contribution in [3.63, 3.8) is 0 Å². The number of hydrogen-bond donors (Lipinski definition) is 0. The lowest BCUT2D eigenvalue weighted by molar-refractivity contribution is -0.143. The quantitative estimate of drug-likeness (QED) is 0.159. The monoisotopic (exact) mass is 508 g/mol. The number of ether oxygens (including phenoxy) is 2. The standard InChI is InChI=1S/C30H43F3O3/c1-19-12-13-22-21(16-19)25-23(35-26(34)27(2,3)4)17-20(18-24(25)36-29(22,7)8)28(5,6)14-10-9-11-15-30(31,32)33/h12,17-18,21-22H,9-11,13-16H2,1-8H3/t21-,22-/m1/s1. The second-order valence-electron chi connectivity index (χ2n) is 13.0. The van der Waals surface area contributed by atoms with Crippen LogP contribution < -0.4 is 9.47 Å². The fourth-order valence-electron chi connectivity index (χ4n) is 5.49. The van der Waals surface area contributed by atoms with Gasteiger partial charge in [0.1, 0.15) is 17.1 Å². The lowest BCUT2D eigenvalue weighted by atomic mass is 9.66. The van der Waals surface area contributed by atoms with Crippen LogP contribution in [0.4, 0.5) is 13.2 Å². The first-order valence-electron chi connectivity index (χ1n) is 13.2. The van der Waals surface area contributed by atoms with Gasteiger partial charge in [0, 0.05) is 23.8 Å². The first kappa shape index (κ1) is 28.6. The molecule has 0 amide bonds. The Morgan fingerprint density at radius 3 is 2.31 bits per heavy atom. The molecule has 202 valence electrons. The zero-order chi connectivity index (χ0) is 27.1. The van der Waals surface area contributed by atoms with Crippen molar-refractivity contribution in [1.29, 1.82) is 0 Å². The SMILES string of the molecule is CC1=CC[C@@H]2[C@@H](C1)c1c(OC(=O)C(C)(C)C)cc(C(C)(C)CCCCCC(F)(F)F)cc1OC2(C)C. The smallest absolute Gasteiger partial charge is 0.389 e. The van der Waals surface area contributed by atoms with Gasteiger partial charge in [-0.1, -0.05) is 38.3 Å². The molecule has 0 radical (unpaired) electrons. The van der Waals surface area contributed by atoms with Gasteiger partial charge >= 0.3 is 12.1 Å². The number of hydrogen-bond acceptors (Lipinski definition) is 3. The minimum absolute atomic E-state index is 0.144. The van der Waals surface area contributed by atoms with Crippen LogP contribution in [0.1, 0.15) is 117 Å². The minimum atomic E-state index is -4.10. The molecule has 1 aromatic rings. The van der Waals surface area contributed by atoms with Crippen molar-refractivity contribution in [3.05, 3.63) is 34.9 Å². The molecule has 0 fully saturated rings. The van der Waals surface area contributed by atoms with Gasteiger partial charge in [0.2, 0.25) is 0 Å². The van der Waals surface area contributed by atoms with Crippen molar-refractivity contribution in [1.82, 2.24) is 0 Å². The second-order valence-corrected chi connectivity index (χ2v) is 13.0. The Hall–Kier alpha value is -1.98. The van der Waals surface area contributed by atoms with Gasteiger partial charge in [-0.15, -0.1) is 0 Å². The van der Waals surface area contributed by atoms with E-state index < -0.39 is 18.0 Å². The van der Waals surface area contributed by atoms with Crippen LogP contribution >= 0.6 is 0 Å². The number of unbranched alkanes of at least 4 members (excludes halogenated alkanes) is 2. The number of fused-ring (bicyclic) bond motifs is 3. The Kier molecular flexibility index (Phi) is 7.99. The van der Waals surface area contributed by atoms with E-state index in [4.69, 9.17) is 9.47 Å². The van der Waals surface area contributed by atoms with E-state index >= 15 is 0 Å². The van der Waals surface area contributed by atoms with Crippen molar-refractivity contribution >= 4 is 5.97 Å². The van der Waals surface area contributed by atoms with E-state index in [1.165, 1.54) is 5.57 Å². The van der Waals surface area contributed by atoms with Gasteiger partial charge in [0.15, 0.2) is 0 Å². The van der Waals surface area contributed by atoms with E-state index in [0.29, 0.717) is 18.6 Å². The second kappa shape index (κ2) is 10.1. The molecule has 0 N–H and O–H groups in total. The lowest BCUT2D eigenvalue weighted by Crippen LogP contribution is -2.45. The molecule has 2 atom stereocenters. The first-order valence-corrected chi connectivity index (χ1v) is 13.2. The fraction of sp³-hybridized carbons (Fsp3) is 0.700. The number of alkyl halides is 3. The third kappa shape index (κ3) is 6.66. The molecule has 3 rings (SSSR count). The van der Waals surface area contributed by atoms with E-state index in [9.17, 15) is 18.0 Å². The van der Waals surface area contributed by atoms with E-state index in [2.05, 4.69) is 46.8 Å². The number of benzene rings is 1. The van der Waals surface area contributed by atoms with Crippen LogP contribution in [0.3, 0.4) is 0 Å². The van der Waals surface area contributed by atoms with E-state index in [0.717, 1.165) is 36.1 Å². The van der Waals surface area contributed by atoms with Crippen LogP contribution in [0.5, 0.6) is 11.5 Å². The molecule has 0 saturated carbocycles. The van der Waals surface area contributed by atoms with Crippen LogP contribution in [0, 0.1) is 11.3 Å². The van der Waals surface area contributed by atoms with Gasteiger partial charge in [0.25, 0.3) is 0 Å². The van der Waals surface area contributed by atoms with E-state index in [-0.39, 0.29) is 35.2 Å². The summed E-state index contributed by atoms with van der Waals surface area (Å²) in [4.78, 5) is 13.0. The Morgan fingerprint density at radius 1 is 1.06 bits per heavy atom. The third-order valence-corrected chi connectivity index (χ3v) is 7.85. The Balaban J connectivity index is 1.97. The van der Waals surface area contributed by atoms with Crippen molar-refractivity contribution in [2.45, 2.75) is 123 Å². The fourth-order valence-corrected chi connectivity index (χ4v) is 5.49. The molecule has 1 aliphatic heterocycles. The summed E-state index contributed by atoms with van der Waals surface area (Å²) < 4.78 is 50.2. The zero-order valence-electron chi connectivity index (χ0n) is 23.2. The number of halogens is 3. The molecular weight excluding hydrogens is 465 g/mol. The molecule has 3 nitrogen and oxygen atoms in total. The van der Waals surface area contributed by atoms with Crippen LogP contribution in [-0.2, 0) is 10.2 Å². The molecule has 0 aromatic heterocycles. The average molecular weight is 509 g/mol. The Labute approximate surface area is 214 Å². The van der Waals surface area contributed by atoms with Crippen LogP contribution in [0.2, 0.25) is 0 Å². The molecule has 6 heteroatoms. The predicted molar refractivity (Wildman–Crippen MR) is 138 cm³/mol. The van der Waals surface area contributed by atoms with E-state index in [1.54, 1.807) is 0 Å². The maximum atomic E-state index is 13.0. The summed E-state index contributed by atoms with van der Waals surface area (Å²) in [5.41, 5.74) is 1.92. The summed E-state index contributed by atoms with van der Waals surface area (Å²) in [6.45, 7) is 16.1. The molecule has 1 aliphatic carbocycles.